The van der Waals surface area contributed by atoms with Gasteiger partial charge in [0.05, 0.1) is 0 Å². The summed E-state index contributed by atoms with van der Waals surface area (Å²) in [6.45, 7) is 1.70. The zero-order chi connectivity index (χ0) is 16.8. The van der Waals surface area contributed by atoms with Crippen molar-refractivity contribution < 1.29 is 23.8 Å². The maximum atomic E-state index is 13.8. The molecule has 0 spiro atoms. The monoisotopic (exact) mass is 317 g/mol. The molecule has 2 N–H and O–H groups in total. The van der Waals surface area contributed by atoms with E-state index in [1.807, 2.05) is 6.07 Å². The van der Waals surface area contributed by atoms with E-state index < -0.39 is 23.9 Å². The molecular formula is C17H16FNO4. The first-order valence-corrected chi connectivity index (χ1v) is 6.93. The second-order valence-electron chi connectivity index (χ2n) is 5.00. The average Bonchev–Trinajstić information content (AvgIpc) is 2.54. The van der Waals surface area contributed by atoms with E-state index in [-0.39, 0.29) is 12.2 Å². The Kier molecular flexibility index (Phi) is 5.30. The Labute approximate surface area is 132 Å². The zero-order valence-electron chi connectivity index (χ0n) is 12.5. The number of carboxylic acid groups (broad SMARTS) is 1. The van der Waals surface area contributed by atoms with Crippen molar-refractivity contribution >= 4 is 12.1 Å². The highest BCUT2D eigenvalue weighted by molar-refractivity contribution is 5.81. The van der Waals surface area contributed by atoms with Crippen LogP contribution in [0.3, 0.4) is 0 Å². The van der Waals surface area contributed by atoms with Gasteiger partial charge in [0.15, 0.2) is 6.04 Å². The van der Waals surface area contributed by atoms with E-state index in [9.17, 15) is 19.1 Å². The molecule has 120 valence electrons. The number of carbonyl (C=O) groups is 2. The van der Waals surface area contributed by atoms with Crippen LogP contribution in [0.2, 0.25) is 0 Å². The summed E-state index contributed by atoms with van der Waals surface area (Å²) in [6, 6.07) is 11.5. The van der Waals surface area contributed by atoms with Gasteiger partial charge in [0, 0.05) is 5.56 Å². The first kappa shape index (κ1) is 16.5. The maximum absolute atomic E-state index is 13.8. The number of carboxylic acids is 1. The molecule has 2 aromatic carbocycles. The summed E-state index contributed by atoms with van der Waals surface area (Å²) in [5, 5.41) is 11.4. The number of hydrogen-bond donors (Lipinski definition) is 2. The molecule has 0 saturated heterocycles. The van der Waals surface area contributed by atoms with Gasteiger partial charge < -0.3 is 15.2 Å². The van der Waals surface area contributed by atoms with Crippen molar-refractivity contribution in [2.24, 2.45) is 0 Å². The molecule has 0 fully saturated rings. The predicted octanol–water partition coefficient (Wildman–Crippen LogP) is 3.19. The third-order valence-corrected chi connectivity index (χ3v) is 3.18. The summed E-state index contributed by atoms with van der Waals surface area (Å²) >= 11 is 0. The van der Waals surface area contributed by atoms with Gasteiger partial charge in [-0.15, -0.1) is 0 Å². The fourth-order valence-corrected chi connectivity index (χ4v) is 2.04. The molecule has 0 aliphatic heterocycles. The lowest BCUT2D eigenvalue weighted by Gasteiger charge is -2.16. The summed E-state index contributed by atoms with van der Waals surface area (Å²) in [7, 11) is 0. The van der Waals surface area contributed by atoms with Crippen molar-refractivity contribution in [1.29, 1.82) is 0 Å². The van der Waals surface area contributed by atoms with Crippen LogP contribution in [-0.2, 0) is 16.1 Å². The molecule has 6 heteroatoms. The first-order chi connectivity index (χ1) is 11.0. The number of rotatable bonds is 5. The Morgan fingerprint density at radius 1 is 1.22 bits per heavy atom. The molecule has 0 aromatic heterocycles. The van der Waals surface area contributed by atoms with Gasteiger partial charge in [-0.05, 0) is 18.6 Å². The lowest BCUT2D eigenvalue weighted by Crippen LogP contribution is -2.34. The van der Waals surface area contributed by atoms with Gasteiger partial charge in [-0.25, -0.2) is 14.0 Å². The summed E-state index contributed by atoms with van der Waals surface area (Å²) in [4.78, 5) is 23.1. The van der Waals surface area contributed by atoms with Crippen molar-refractivity contribution in [2.75, 3.05) is 0 Å². The van der Waals surface area contributed by atoms with Gasteiger partial charge in [-0.1, -0.05) is 48.0 Å². The van der Waals surface area contributed by atoms with Crippen molar-refractivity contribution in [2.45, 2.75) is 19.6 Å². The van der Waals surface area contributed by atoms with E-state index in [1.165, 1.54) is 12.1 Å². The standard InChI is InChI=1S/C17H16FNO4/c1-11-7-8-14(18)13(9-11)15(16(20)21)19-17(22)23-10-12-5-3-2-4-6-12/h2-9,15H,10H2,1H3,(H,19,22)(H,20,21). The molecule has 2 aromatic rings. The summed E-state index contributed by atoms with van der Waals surface area (Å²) < 4.78 is 18.8. The maximum Gasteiger partial charge on any atom is 0.408 e. The minimum atomic E-state index is -1.52. The molecule has 1 amide bonds. The normalized spacial score (nSPS) is 11.6. The average molecular weight is 317 g/mol. The number of ether oxygens (including phenoxy) is 1. The number of amides is 1. The van der Waals surface area contributed by atoms with E-state index in [4.69, 9.17) is 4.74 Å². The highest BCUT2D eigenvalue weighted by Crippen LogP contribution is 2.19. The van der Waals surface area contributed by atoms with E-state index in [0.717, 1.165) is 11.6 Å². The molecular weight excluding hydrogens is 301 g/mol. The van der Waals surface area contributed by atoms with Crippen LogP contribution in [0, 0.1) is 12.7 Å². The third-order valence-electron chi connectivity index (χ3n) is 3.18. The number of benzene rings is 2. The molecule has 23 heavy (non-hydrogen) atoms. The fraction of sp³-hybridized carbons (Fsp3) is 0.176. The molecule has 1 atom stereocenters. The van der Waals surface area contributed by atoms with E-state index in [1.54, 1.807) is 31.2 Å². The Bertz CT molecular complexity index is 703. The Hall–Kier alpha value is -2.89. The molecule has 0 aliphatic carbocycles. The smallest absolute Gasteiger partial charge is 0.408 e. The molecule has 0 radical (unpaired) electrons. The predicted molar refractivity (Wildman–Crippen MR) is 81.3 cm³/mol. The van der Waals surface area contributed by atoms with Crippen LogP contribution in [0.5, 0.6) is 0 Å². The Morgan fingerprint density at radius 3 is 2.57 bits per heavy atom. The summed E-state index contributed by atoms with van der Waals surface area (Å²) in [5.41, 5.74) is 1.33. The van der Waals surface area contributed by atoms with Crippen LogP contribution < -0.4 is 5.32 Å². The van der Waals surface area contributed by atoms with E-state index >= 15 is 0 Å². The van der Waals surface area contributed by atoms with Gasteiger partial charge in [0.1, 0.15) is 12.4 Å². The zero-order valence-corrected chi connectivity index (χ0v) is 12.5. The van der Waals surface area contributed by atoms with Crippen LogP contribution in [0.4, 0.5) is 9.18 Å². The van der Waals surface area contributed by atoms with E-state index in [2.05, 4.69) is 5.32 Å². The van der Waals surface area contributed by atoms with Gasteiger partial charge in [-0.3, -0.25) is 0 Å². The Morgan fingerprint density at radius 2 is 1.91 bits per heavy atom. The van der Waals surface area contributed by atoms with Crippen molar-refractivity contribution in [3.8, 4) is 0 Å². The van der Waals surface area contributed by atoms with Crippen LogP contribution >= 0.6 is 0 Å². The fourth-order valence-electron chi connectivity index (χ4n) is 2.04. The van der Waals surface area contributed by atoms with Gasteiger partial charge in [0.25, 0.3) is 0 Å². The molecule has 0 heterocycles. The van der Waals surface area contributed by atoms with Gasteiger partial charge >= 0.3 is 12.1 Å². The van der Waals surface area contributed by atoms with Crippen molar-refractivity contribution in [3.63, 3.8) is 0 Å². The highest BCUT2D eigenvalue weighted by atomic mass is 19.1. The number of carbonyl (C=O) groups excluding carboxylic acids is 1. The lowest BCUT2D eigenvalue weighted by atomic mass is 10.0. The topological polar surface area (TPSA) is 75.6 Å². The van der Waals surface area contributed by atoms with Crippen LogP contribution in [0.15, 0.2) is 48.5 Å². The van der Waals surface area contributed by atoms with Crippen LogP contribution in [-0.4, -0.2) is 17.2 Å². The van der Waals surface area contributed by atoms with Gasteiger partial charge in [0.2, 0.25) is 0 Å². The largest absolute Gasteiger partial charge is 0.479 e. The highest BCUT2D eigenvalue weighted by Gasteiger charge is 2.25. The van der Waals surface area contributed by atoms with Crippen molar-refractivity contribution in [3.05, 3.63) is 71.0 Å². The number of hydrogen-bond acceptors (Lipinski definition) is 3. The van der Waals surface area contributed by atoms with Crippen molar-refractivity contribution in [1.82, 2.24) is 5.32 Å². The number of halogens is 1. The number of aliphatic carboxylic acids is 1. The molecule has 0 bridgehead atoms. The second-order valence-corrected chi connectivity index (χ2v) is 5.00. The molecule has 5 nitrogen and oxygen atoms in total. The lowest BCUT2D eigenvalue weighted by molar-refractivity contribution is -0.139. The quantitative estimate of drug-likeness (QED) is 0.888. The first-order valence-electron chi connectivity index (χ1n) is 6.93. The minimum Gasteiger partial charge on any atom is -0.479 e. The van der Waals surface area contributed by atoms with Crippen LogP contribution in [0.1, 0.15) is 22.7 Å². The molecule has 2 rings (SSSR count). The van der Waals surface area contributed by atoms with Gasteiger partial charge in [-0.2, -0.15) is 0 Å². The summed E-state index contributed by atoms with van der Waals surface area (Å²) in [5.74, 6) is -2.07. The van der Waals surface area contributed by atoms with Crippen LogP contribution in [0.25, 0.3) is 0 Å². The summed E-state index contributed by atoms with van der Waals surface area (Å²) in [6.07, 6.45) is -0.929. The molecule has 0 saturated carbocycles. The number of nitrogens with one attached hydrogen (secondary N) is 1. The third kappa shape index (κ3) is 4.54. The molecule has 1 unspecified atom stereocenters. The SMILES string of the molecule is Cc1ccc(F)c(C(NC(=O)OCc2ccccc2)C(=O)O)c1. The number of aryl methyl sites for hydroxylation is 1. The second kappa shape index (κ2) is 7.40. The number of alkyl carbamates (subject to hydrolysis) is 1. The minimum absolute atomic E-state index is 0.00465. The Balaban J connectivity index is 2.06. The molecule has 0 aliphatic rings. The van der Waals surface area contributed by atoms with E-state index in [0.29, 0.717) is 5.56 Å².